The Kier molecular flexibility index (Phi) is 10.3. The Balaban J connectivity index is 1.25. The molecule has 0 radical (unpaired) electrons. The molecule has 4 heterocycles. The van der Waals surface area contributed by atoms with Gasteiger partial charge in [-0.25, -0.2) is 8.78 Å². The molecule has 11 heteroatoms. The van der Waals surface area contributed by atoms with Gasteiger partial charge in [-0.3, -0.25) is 19.5 Å². The van der Waals surface area contributed by atoms with Gasteiger partial charge in [-0.2, -0.15) is 0 Å². The lowest BCUT2D eigenvalue weighted by Crippen LogP contribution is -2.67. The lowest BCUT2D eigenvalue weighted by atomic mass is 9.65. The molecule has 41 heavy (non-hydrogen) atoms. The van der Waals surface area contributed by atoms with Crippen molar-refractivity contribution in [2.75, 3.05) is 39.3 Å². The maximum Gasteiger partial charge on any atom is 0.228 e. The first-order chi connectivity index (χ1) is 19.7. The molecule has 6 atom stereocenters. The number of nitrogens with zero attached hydrogens (tertiary/aromatic N) is 3. The van der Waals surface area contributed by atoms with Crippen molar-refractivity contribution in [2.45, 2.75) is 114 Å². The number of hydrogen-bond donors (Lipinski definition) is 4. The monoisotopic (exact) mass is 579 g/mol. The number of nitrogens with one attached hydrogen (secondary N) is 2. The van der Waals surface area contributed by atoms with E-state index in [4.69, 9.17) is 11.5 Å². The fourth-order valence-electron chi connectivity index (χ4n) is 8.31. The van der Waals surface area contributed by atoms with Gasteiger partial charge in [-0.15, -0.1) is 0 Å². The average Bonchev–Trinajstić information content (AvgIpc) is 3.35. The van der Waals surface area contributed by atoms with E-state index in [-0.39, 0.29) is 23.8 Å². The molecule has 232 valence electrons. The minimum atomic E-state index is -1.14. The molecule has 4 fully saturated rings. The molecule has 0 aromatic carbocycles. The smallest absolute Gasteiger partial charge is 0.228 e. The minimum absolute atomic E-state index is 0.0403. The summed E-state index contributed by atoms with van der Waals surface area (Å²) in [5, 5.41) is 6.26. The van der Waals surface area contributed by atoms with E-state index in [1.54, 1.807) is 0 Å². The van der Waals surface area contributed by atoms with Crippen LogP contribution in [0.2, 0.25) is 0 Å². The highest BCUT2D eigenvalue weighted by atomic mass is 19.1. The number of rotatable bonds is 7. The highest BCUT2D eigenvalue weighted by Gasteiger charge is 2.44. The number of halogens is 2. The number of hydrogen-bond acceptors (Lipinski definition) is 7. The largest absolute Gasteiger partial charge is 0.350 e. The van der Waals surface area contributed by atoms with E-state index in [2.05, 4.69) is 20.5 Å². The highest BCUT2D eigenvalue weighted by Crippen LogP contribution is 2.46. The number of piperidine rings is 2. The first-order valence-corrected chi connectivity index (χ1v) is 16.1. The summed E-state index contributed by atoms with van der Waals surface area (Å²) >= 11 is 0. The molecule has 9 nitrogen and oxygen atoms in total. The lowest BCUT2D eigenvalue weighted by Gasteiger charge is -2.46. The molecular formula is C30H51F2N7O2. The Labute approximate surface area is 243 Å². The predicted molar refractivity (Wildman–Crippen MR) is 156 cm³/mol. The molecule has 5 rings (SSSR count). The fraction of sp³-hybridized carbons (Fsp3) is 0.900. The molecule has 0 aromatic rings. The van der Waals surface area contributed by atoms with E-state index >= 15 is 4.39 Å². The Bertz CT molecular complexity index is 923. The molecule has 5 aliphatic rings. The third kappa shape index (κ3) is 7.46. The first-order valence-electron chi connectivity index (χ1n) is 16.1. The summed E-state index contributed by atoms with van der Waals surface area (Å²) in [5.41, 5.74) is 12.4. The van der Waals surface area contributed by atoms with Gasteiger partial charge in [0.1, 0.15) is 12.3 Å². The lowest BCUT2D eigenvalue weighted by molar-refractivity contribution is -0.128. The van der Waals surface area contributed by atoms with Crippen molar-refractivity contribution in [2.24, 2.45) is 33.7 Å². The van der Waals surface area contributed by atoms with Gasteiger partial charge in [-0.05, 0) is 75.8 Å². The maximum absolute atomic E-state index is 15.5. The molecular weight excluding hydrogens is 528 g/mol. The number of carbonyl (C=O) groups is 2. The van der Waals surface area contributed by atoms with Crippen LogP contribution in [-0.2, 0) is 9.59 Å². The van der Waals surface area contributed by atoms with Crippen LogP contribution in [-0.4, -0.2) is 104 Å². The van der Waals surface area contributed by atoms with Crippen LogP contribution in [0, 0.1) is 17.3 Å². The normalized spacial score (nSPS) is 34.5. The topological polar surface area (TPSA) is 129 Å². The zero-order valence-electron chi connectivity index (χ0n) is 24.5. The van der Waals surface area contributed by atoms with Crippen molar-refractivity contribution in [3.05, 3.63) is 0 Å². The third-order valence-electron chi connectivity index (χ3n) is 10.6. The molecule has 6 unspecified atom stereocenters. The fourth-order valence-corrected chi connectivity index (χ4v) is 8.31. The van der Waals surface area contributed by atoms with Crippen LogP contribution in [0.3, 0.4) is 0 Å². The van der Waals surface area contributed by atoms with Crippen molar-refractivity contribution in [3.8, 4) is 0 Å². The maximum atomic E-state index is 15.5. The van der Waals surface area contributed by atoms with E-state index in [9.17, 15) is 14.0 Å². The minimum Gasteiger partial charge on any atom is -0.350 e. The number of amides is 2. The van der Waals surface area contributed by atoms with Crippen LogP contribution in [0.25, 0.3) is 0 Å². The second-order valence-corrected chi connectivity index (χ2v) is 13.5. The number of nitrogens with two attached hydrogens (primary N) is 2. The summed E-state index contributed by atoms with van der Waals surface area (Å²) in [4.78, 5) is 34.7. The van der Waals surface area contributed by atoms with Gasteiger partial charge >= 0.3 is 0 Å². The molecule has 1 spiro atoms. The number of alkyl halides is 2. The summed E-state index contributed by atoms with van der Waals surface area (Å²) in [6, 6.07) is -1.41. The van der Waals surface area contributed by atoms with Crippen molar-refractivity contribution in [3.63, 3.8) is 0 Å². The van der Waals surface area contributed by atoms with Gasteiger partial charge in [0, 0.05) is 38.8 Å². The number of carbonyl (C=O) groups excluding carboxylic acids is 2. The number of aliphatic imine (C=N–C) groups is 1. The molecule has 3 saturated heterocycles. The zero-order chi connectivity index (χ0) is 29.0. The third-order valence-corrected chi connectivity index (χ3v) is 10.6. The first kappa shape index (κ1) is 30.8. The van der Waals surface area contributed by atoms with Crippen molar-refractivity contribution < 1.29 is 18.4 Å². The summed E-state index contributed by atoms with van der Waals surface area (Å²) in [7, 11) is 0. The second kappa shape index (κ2) is 13.7. The highest BCUT2D eigenvalue weighted by molar-refractivity contribution is 5.81. The van der Waals surface area contributed by atoms with Crippen LogP contribution >= 0.6 is 0 Å². The van der Waals surface area contributed by atoms with E-state index in [1.165, 1.54) is 12.6 Å². The van der Waals surface area contributed by atoms with Crippen LogP contribution in [0.15, 0.2) is 4.99 Å². The zero-order valence-corrected chi connectivity index (χ0v) is 24.5. The van der Waals surface area contributed by atoms with E-state index in [0.717, 1.165) is 77.5 Å². The Morgan fingerprint density at radius 2 is 1.83 bits per heavy atom. The Morgan fingerprint density at radius 1 is 1.07 bits per heavy atom. The molecule has 0 aromatic heterocycles. The van der Waals surface area contributed by atoms with E-state index < -0.39 is 42.6 Å². The predicted octanol–water partition coefficient (Wildman–Crippen LogP) is 1.89. The van der Waals surface area contributed by atoms with Crippen molar-refractivity contribution in [1.29, 1.82) is 0 Å². The summed E-state index contributed by atoms with van der Waals surface area (Å²) in [6.07, 6.45) is 8.84. The van der Waals surface area contributed by atoms with E-state index in [0.29, 0.717) is 31.7 Å². The van der Waals surface area contributed by atoms with Gasteiger partial charge in [0.25, 0.3) is 0 Å². The standard InChI is InChI=1S/C30H51F2N7O2/c31-21-6-11-30(9-2-1-3-10-30)15-23(36-16-21)26(28(33)34)29(41)37-24-18-35-17-22(32)27(24)38-13-7-20(8-14-38)19-39-12-4-5-25(39)40/h16,20-24,26-28,35H,1-15,17-19,33-34H2,(H,37,41). The van der Waals surface area contributed by atoms with Crippen LogP contribution < -0.4 is 22.1 Å². The summed E-state index contributed by atoms with van der Waals surface area (Å²) in [6.45, 7) is 3.80. The van der Waals surface area contributed by atoms with Gasteiger partial charge in [0.2, 0.25) is 11.8 Å². The number of likely N-dealkylation sites (tertiary alicyclic amines) is 2. The summed E-state index contributed by atoms with van der Waals surface area (Å²) < 4.78 is 30.1. The van der Waals surface area contributed by atoms with Crippen LogP contribution in [0.4, 0.5) is 8.78 Å². The van der Waals surface area contributed by atoms with E-state index in [1.807, 2.05) is 4.90 Å². The Morgan fingerprint density at radius 3 is 2.51 bits per heavy atom. The van der Waals surface area contributed by atoms with Gasteiger partial charge in [0.15, 0.2) is 0 Å². The molecule has 4 aliphatic heterocycles. The van der Waals surface area contributed by atoms with Gasteiger partial charge in [-0.1, -0.05) is 19.3 Å². The Hall–Kier alpha value is -1.69. The molecule has 6 N–H and O–H groups in total. The average molecular weight is 580 g/mol. The van der Waals surface area contributed by atoms with Crippen molar-refractivity contribution in [1.82, 2.24) is 20.4 Å². The molecule has 1 aliphatic carbocycles. The second-order valence-electron chi connectivity index (χ2n) is 13.5. The van der Waals surface area contributed by atoms with Crippen molar-refractivity contribution >= 4 is 18.0 Å². The molecule has 2 amide bonds. The van der Waals surface area contributed by atoms with Crippen LogP contribution in [0.5, 0.6) is 0 Å². The quantitative estimate of drug-likeness (QED) is 0.341. The summed E-state index contributed by atoms with van der Waals surface area (Å²) in [5.74, 6) is -0.475. The van der Waals surface area contributed by atoms with Gasteiger partial charge < -0.3 is 27.0 Å². The van der Waals surface area contributed by atoms with Gasteiger partial charge in [0.05, 0.1) is 30.2 Å². The SMILES string of the molecule is NC(N)C(C(=O)NC1CNCC(F)C1N1CCC(CN2CCCC2=O)CC1)C1CC2(CCCCC2)CCC(F)C=N1. The molecule has 0 bridgehead atoms. The van der Waals surface area contributed by atoms with Crippen LogP contribution in [0.1, 0.15) is 77.0 Å². The molecule has 1 saturated carbocycles.